The number of aryl methyl sites for hydroxylation is 1. The van der Waals surface area contributed by atoms with Crippen molar-refractivity contribution in [1.29, 1.82) is 0 Å². The third-order valence-corrected chi connectivity index (χ3v) is 5.85. The van der Waals surface area contributed by atoms with Crippen molar-refractivity contribution in [2.75, 3.05) is 13.1 Å². The third-order valence-electron chi connectivity index (χ3n) is 5.85. The first-order chi connectivity index (χ1) is 12.7. The topological polar surface area (TPSA) is 41.6 Å². The number of piperidine rings is 1. The summed E-state index contributed by atoms with van der Waals surface area (Å²) in [5.41, 5.74) is 2.43. The third kappa shape index (κ3) is 5.23. The van der Waals surface area contributed by atoms with Crippen LogP contribution in [0, 0.1) is 6.92 Å². The first kappa shape index (κ1) is 19.2. The van der Waals surface area contributed by atoms with Crippen LogP contribution in [0.2, 0.25) is 0 Å². The van der Waals surface area contributed by atoms with Crippen molar-refractivity contribution in [1.82, 2.24) is 10.2 Å². The summed E-state index contributed by atoms with van der Waals surface area (Å²) in [5.74, 6) is 0. The van der Waals surface area contributed by atoms with Gasteiger partial charge in [0.25, 0.3) is 0 Å². The molecule has 2 fully saturated rings. The quantitative estimate of drug-likeness (QED) is 0.807. The molecule has 1 N–H and O–H groups in total. The highest BCUT2D eigenvalue weighted by Crippen LogP contribution is 2.25. The molecule has 1 saturated carbocycles. The zero-order valence-electron chi connectivity index (χ0n) is 16.4. The van der Waals surface area contributed by atoms with Gasteiger partial charge in [0.05, 0.1) is 18.2 Å². The van der Waals surface area contributed by atoms with Crippen molar-refractivity contribution in [3.8, 4) is 0 Å². The fraction of sp³-hybridized carbons (Fsp3) is 0.682. The van der Waals surface area contributed by atoms with E-state index < -0.39 is 0 Å². The number of hydrogen-bond acceptors (Lipinski definition) is 2. The van der Waals surface area contributed by atoms with Crippen molar-refractivity contribution >= 4 is 6.03 Å². The Hall–Kier alpha value is -1.55. The minimum atomic E-state index is 0.0635. The van der Waals surface area contributed by atoms with Crippen LogP contribution in [-0.2, 0) is 4.74 Å². The maximum atomic E-state index is 12.7. The summed E-state index contributed by atoms with van der Waals surface area (Å²) in [6.45, 7) is 5.80. The summed E-state index contributed by atoms with van der Waals surface area (Å²) in [7, 11) is 0. The first-order valence-corrected chi connectivity index (χ1v) is 10.4. The summed E-state index contributed by atoms with van der Waals surface area (Å²) >= 11 is 0. The molecular formula is C22H34N2O2. The van der Waals surface area contributed by atoms with Gasteiger partial charge in [-0.3, -0.25) is 0 Å². The van der Waals surface area contributed by atoms with Gasteiger partial charge in [0.2, 0.25) is 0 Å². The molecule has 1 saturated heterocycles. The van der Waals surface area contributed by atoms with Crippen LogP contribution in [0.25, 0.3) is 0 Å². The lowest BCUT2D eigenvalue weighted by atomic mass is 9.97. The molecule has 4 heteroatoms. The first-order valence-electron chi connectivity index (χ1n) is 10.4. The summed E-state index contributed by atoms with van der Waals surface area (Å²) in [4.78, 5) is 14.6. The highest BCUT2D eigenvalue weighted by molar-refractivity contribution is 5.74. The standard InChI is InChI=1S/C22H34N2O2/c1-3-21(18-11-9-17(2)10-12-18)23-22(25)24-15-13-20(14-16-24)26-19-7-5-4-6-8-19/h9-12,19-21H,3-8,13-16H2,1-2H3,(H,23,25). The second kappa shape index (κ2) is 9.40. The monoisotopic (exact) mass is 358 g/mol. The molecule has 0 aromatic heterocycles. The van der Waals surface area contributed by atoms with Gasteiger partial charge >= 0.3 is 6.03 Å². The SMILES string of the molecule is CCC(NC(=O)N1CCC(OC2CCCCC2)CC1)c1ccc(C)cc1. The van der Waals surface area contributed by atoms with Crippen LogP contribution in [0.4, 0.5) is 4.79 Å². The molecule has 1 aliphatic heterocycles. The fourth-order valence-electron chi connectivity index (χ4n) is 4.13. The number of nitrogens with one attached hydrogen (secondary N) is 1. The molecule has 2 amide bonds. The van der Waals surface area contributed by atoms with Crippen molar-refractivity contribution in [2.24, 2.45) is 0 Å². The summed E-state index contributed by atoms with van der Waals surface area (Å²) in [6.07, 6.45) is 10.0. The van der Waals surface area contributed by atoms with Crippen LogP contribution in [0.3, 0.4) is 0 Å². The Morgan fingerprint density at radius 3 is 2.31 bits per heavy atom. The highest BCUT2D eigenvalue weighted by Gasteiger charge is 2.27. The van der Waals surface area contributed by atoms with Crippen molar-refractivity contribution in [3.05, 3.63) is 35.4 Å². The van der Waals surface area contributed by atoms with Gasteiger partial charge in [-0.25, -0.2) is 4.79 Å². The van der Waals surface area contributed by atoms with Crippen LogP contribution in [0.1, 0.15) is 75.5 Å². The largest absolute Gasteiger partial charge is 0.375 e. The molecule has 1 heterocycles. The summed E-state index contributed by atoms with van der Waals surface area (Å²) in [6, 6.07) is 8.60. The van der Waals surface area contributed by atoms with Crippen LogP contribution in [0.15, 0.2) is 24.3 Å². The number of benzene rings is 1. The maximum absolute atomic E-state index is 12.7. The van der Waals surface area contributed by atoms with Crippen LogP contribution < -0.4 is 5.32 Å². The van der Waals surface area contributed by atoms with Crippen molar-refractivity contribution in [3.63, 3.8) is 0 Å². The van der Waals surface area contributed by atoms with Gasteiger partial charge in [0.15, 0.2) is 0 Å². The molecule has 1 aromatic carbocycles. The second-order valence-corrected chi connectivity index (χ2v) is 7.90. The molecule has 1 aliphatic carbocycles. The summed E-state index contributed by atoms with van der Waals surface area (Å²) in [5, 5.41) is 3.21. The molecule has 2 aliphatic rings. The number of amides is 2. The van der Waals surface area contributed by atoms with E-state index in [4.69, 9.17) is 4.74 Å². The van der Waals surface area contributed by atoms with Crippen molar-refractivity contribution < 1.29 is 9.53 Å². The van der Waals surface area contributed by atoms with E-state index in [1.165, 1.54) is 43.2 Å². The van der Waals surface area contributed by atoms with E-state index in [0.717, 1.165) is 32.4 Å². The van der Waals surface area contributed by atoms with Gasteiger partial charge < -0.3 is 15.0 Å². The lowest BCUT2D eigenvalue weighted by molar-refractivity contribution is -0.0515. The number of hydrogen-bond donors (Lipinski definition) is 1. The molecule has 3 rings (SSSR count). The van der Waals surface area contributed by atoms with E-state index in [9.17, 15) is 4.79 Å². The number of ether oxygens (including phenoxy) is 1. The Bertz CT molecular complexity index is 558. The highest BCUT2D eigenvalue weighted by atomic mass is 16.5. The number of likely N-dealkylation sites (tertiary alicyclic amines) is 1. The van der Waals surface area contributed by atoms with Crippen LogP contribution in [-0.4, -0.2) is 36.2 Å². The number of carbonyl (C=O) groups is 1. The Labute approximate surface area is 158 Å². The zero-order valence-corrected chi connectivity index (χ0v) is 16.4. The molecule has 1 atom stereocenters. The van der Waals surface area contributed by atoms with Crippen LogP contribution in [0.5, 0.6) is 0 Å². The predicted octanol–water partition coefficient (Wildman–Crippen LogP) is 4.97. The molecule has 0 spiro atoms. The molecule has 0 bridgehead atoms. The number of urea groups is 1. The molecule has 144 valence electrons. The Morgan fingerprint density at radius 1 is 1.08 bits per heavy atom. The number of rotatable bonds is 5. The average molecular weight is 359 g/mol. The minimum Gasteiger partial charge on any atom is -0.375 e. The molecule has 1 aromatic rings. The van der Waals surface area contributed by atoms with Gasteiger partial charge in [-0.1, -0.05) is 56.0 Å². The summed E-state index contributed by atoms with van der Waals surface area (Å²) < 4.78 is 6.28. The van der Waals surface area contributed by atoms with Gasteiger partial charge in [-0.15, -0.1) is 0 Å². The normalized spacial score (nSPS) is 20.8. The lowest BCUT2D eigenvalue weighted by Crippen LogP contribution is -2.47. The molecule has 4 nitrogen and oxygen atoms in total. The molecule has 1 unspecified atom stereocenters. The van der Waals surface area contributed by atoms with Crippen molar-refractivity contribution in [2.45, 2.75) is 83.5 Å². The Morgan fingerprint density at radius 2 is 1.69 bits per heavy atom. The smallest absolute Gasteiger partial charge is 0.317 e. The number of carbonyl (C=O) groups excluding carboxylic acids is 1. The van der Waals surface area contributed by atoms with E-state index in [2.05, 4.69) is 43.4 Å². The maximum Gasteiger partial charge on any atom is 0.317 e. The predicted molar refractivity (Wildman–Crippen MR) is 105 cm³/mol. The van der Waals surface area contributed by atoms with E-state index in [0.29, 0.717) is 12.2 Å². The average Bonchev–Trinajstić information content (AvgIpc) is 2.68. The molecule has 26 heavy (non-hydrogen) atoms. The molecular weight excluding hydrogens is 324 g/mol. The van der Waals surface area contributed by atoms with E-state index in [1.54, 1.807) is 0 Å². The fourth-order valence-corrected chi connectivity index (χ4v) is 4.13. The van der Waals surface area contributed by atoms with Gasteiger partial charge in [-0.05, 0) is 44.6 Å². The van der Waals surface area contributed by atoms with Crippen LogP contribution >= 0.6 is 0 Å². The van der Waals surface area contributed by atoms with Gasteiger partial charge in [0.1, 0.15) is 0 Å². The van der Waals surface area contributed by atoms with Gasteiger partial charge in [-0.2, -0.15) is 0 Å². The van der Waals surface area contributed by atoms with E-state index in [-0.39, 0.29) is 12.1 Å². The second-order valence-electron chi connectivity index (χ2n) is 7.90. The van der Waals surface area contributed by atoms with Gasteiger partial charge in [0, 0.05) is 13.1 Å². The van der Waals surface area contributed by atoms with E-state index >= 15 is 0 Å². The lowest BCUT2D eigenvalue weighted by Gasteiger charge is -2.35. The minimum absolute atomic E-state index is 0.0635. The number of nitrogens with zero attached hydrogens (tertiary/aromatic N) is 1. The zero-order chi connectivity index (χ0) is 18.4. The Balaban J connectivity index is 1.45. The molecule has 0 radical (unpaired) electrons. The Kier molecular flexibility index (Phi) is 6.95. The van der Waals surface area contributed by atoms with E-state index in [1.807, 2.05) is 4.90 Å².